The maximum atomic E-state index is 10.8. The molecule has 0 amide bonds. The van der Waals surface area contributed by atoms with Crippen molar-refractivity contribution in [1.82, 2.24) is 0 Å². The van der Waals surface area contributed by atoms with Crippen molar-refractivity contribution < 1.29 is 23.5 Å². The van der Waals surface area contributed by atoms with Crippen LogP contribution in [0.3, 0.4) is 0 Å². The van der Waals surface area contributed by atoms with Gasteiger partial charge in [0.05, 0.1) is 6.61 Å². The van der Waals surface area contributed by atoms with E-state index < -0.39 is 0 Å². The van der Waals surface area contributed by atoms with Crippen LogP contribution in [0.25, 0.3) is 0 Å². The molecule has 0 saturated carbocycles. The van der Waals surface area contributed by atoms with Crippen LogP contribution >= 0.6 is 0 Å². The summed E-state index contributed by atoms with van der Waals surface area (Å²) in [7, 11) is 1.36. The van der Waals surface area contributed by atoms with Gasteiger partial charge in [-0.05, 0) is 19.4 Å². The van der Waals surface area contributed by atoms with Gasteiger partial charge in [0.15, 0.2) is 9.76 Å². The third kappa shape index (κ3) is 19.1. The fraction of sp³-hybridized carbons (Fsp3) is 0.538. The first-order chi connectivity index (χ1) is 8.95. The minimum absolute atomic E-state index is 0.264. The molecule has 0 aliphatic heterocycles. The molecule has 0 atom stereocenters. The van der Waals surface area contributed by atoms with Crippen LogP contribution in [0.15, 0.2) is 24.8 Å². The lowest BCUT2D eigenvalue weighted by Crippen LogP contribution is -2.07. The molecule has 110 valence electrons. The quantitative estimate of drug-likeness (QED) is 0.222. The largest absolute Gasteiger partial charge is 0.462 e. The van der Waals surface area contributed by atoms with Crippen LogP contribution in [0.2, 0.25) is 6.04 Å². The lowest BCUT2D eigenvalue weighted by atomic mass is 10.4. The molecule has 0 N–H and O–H groups in total. The Labute approximate surface area is 117 Å². The van der Waals surface area contributed by atoms with Crippen molar-refractivity contribution >= 4 is 21.7 Å². The van der Waals surface area contributed by atoms with E-state index in [0.29, 0.717) is 18.8 Å². The molecule has 0 fully saturated rings. The van der Waals surface area contributed by atoms with Gasteiger partial charge in [-0.1, -0.05) is 19.2 Å². The normalized spacial score (nSPS) is 9.42. The van der Waals surface area contributed by atoms with Crippen molar-refractivity contribution in [3.8, 4) is 0 Å². The highest BCUT2D eigenvalue weighted by molar-refractivity contribution is 6.26. The monoisotopic (exact) mass is 288 g/mol. The third-order valence-corrected chi connectivity index (χ3v) is 2.93. The number of ether oxygens (including phenoxy) is 2. The van der Waals surface area contributed by atoms with Gasteiger partial charge < -0.3 is 13.9 Å². The smallest absolute Gasteiger partial charge is 0.333 e. The summed E-state index contributed by atoms with van der Waals surface area (Å²) in [6, 6.07) is 1.06. The molecule has 0 aromatic heterocycles. The SMILES string of the molecule is C=C(C)C(=O)OCCC[SiH2]OC.C=CCOC(C)=O. The number of esters is 2. The van der Waals surface area contributed by atoms with Gasteiger partial charge in [0.2, 0.25) is 0 Å². The minimum Gasteiger partial charge on any atom is -0.462 e. The van der Waals surface area contributed by atoms with E-state index in [0.717, 1.165) is 12.5 Å². The zero-order valence-electron chi connectivity index (χ0n) is 12.1. The first-order valence-corrected chi connectivity index (χ1v) is 7.59. The number of carbonyl (C=O) groups is 2. The van der Waals surface area contributed by atoms with E-state index in [1.54, 1.807) is 14.0 Å². The lowest BCUT2D eigenvalue weighted by molar-refractivity contribution is -0.140. The molecule has 0 radical (unpaired) electrons. The standard InChI is InChI=1S/C8H16O3Si.C5H8O2/c1-7(2)8(9)11-5-4-6-12-10-3;1-3-4-7-5(2)6/h1,4-6,12H2,2-3H3;3H,1,4H2,2H3. The predicted octanol–water partition coefficient (Wildman–Crippen LogP) is 1.38. The second-order valence-corrected chi connectivity index (χ2v) is 5.40. The Morgan fingerprint density at radius 2 is 1.89 bits per heavy atom. The van der Waals surface area contributed by atoms with E-state index in [-0.39, 0.29) is 21.7 Å². The second-order valence-electron chi connectivity index (χ2n) is 3.71. The number of hydrogen-bond donors (Lipinski definition) is 0. The van der Waals surface area contributed by atoms with E-state index in [1.165, 1.54) is 13.0 Å². The summed E-state index contributed by atoms with van der Waals surface area (Å²) in [5.41, 5.74) is 0.457. The Hall–Kier alpha value is -1.40. The van der Waals surface area contributed by atoms with Crippen molar-refractivity contribution in [3.63, 3.8) is 0 Å². The average Bonchev–Trinajstić information content (AvgIpc) is 2.36. The maximum Gasteiger partial charge on any atom is 0.333 e. The summed E-state index contributed by atoms with van der Waals surface area (Å²) in [6.45, 7) is 10.6. The zero-order chi connectivity index (χ0) is 15.1. The molecule has 0 aromatic carbocycles. The number of hydrogen-bond acceptors (Lipinski definition) is 5. The summed E-state index contributed by atoms with van der Waals surface area (Å²) in [4.78, 5) is 20.8. The Morgan fingerprint density at radius 1 is 1.26 bits per heavy atom. The summed E-state index contributed by atoms with van der Waals surface area (Å²) < 4.78 is 14.3. The van der Waals surface area contributed by atoms with Crippen LogP contribution in [0.5, 0.6) is 0 Å². The molecule has 19 heavy (non-hydrogen) atoms. The van der Waals surface area contributed by atoms with E-state index >= 15 is 0 Å². The number of carbonyl (C=O) groups excluding carboxylic acids is 2. The Morgan fingerprint density at radius 3 is 2.26 bits per heavy atom. The lowest BCUT2D eigenvalue weighted by Gasteiger charge is -2.02. The molecular weight excluding hydrogens is 264 g/mol. The fourth-order valence-corrected chi connectivity index (χ4v) is 1.51. The molecule has 5 nitrogen and oxygen atoms in total. The summed E-state index contributed by atoms with van der Waals surface area (Å²) in [6.07, 6.45) is 2.43. The molecule has 0 aromatic rings. The molecule has 0 unspecified atom stereocenters. The maximum absolute atomic E-state index is 10.8. The van der Waals surface area contributed by atoms with E-state index in [2.05, 4.69) is 17.9 Å². The summed E-state index contributed by atoms with van der Waals surface area (Å²) >= 11 is 0. The van der Waals surface area contributed by atoms with Gasteiger partial charge in [-0.2, -0.15) is 0 Å². The Kier molecular flexibility index (Phi) is 15.4. The van der Waals surface area contributed by atoms with Gasteiger partial charge in [-0.25, -0.2) is 4.79 Å². The molecule has 0 saturated heterocycles. The first kappa shape index (κ1) is 19.9. The van der Waals surface area contributed by atoms with Gasteiger partial charge in [0.1, 0.15) is 6.61 Å². The molecular formula is C13H24O5Si. The highest BCUT2D eigenvalue weighted by atomic mass is 28.2. The van der Waals surface area contributed by atoms with Crippen LogP contribution in [0.1, 0.15) is 20.3 Å². The molecule has 6 heteroatoms. The predicted molar refractivity (Wildman–Crippen MR) is 77.6 cm³/mol. The summed E-state index contributed by atoms with van der Waals surface area (Å²) in [5.74, 6) is -0.561. The van der Waals surface area contributed by atoms with Crippen molar-refractivity contribution in [1.29, 1.82) is 0 Å². The van der Waals surface area contributed by atoms with E-state index in [1.807, 2.05) is 0 Å². The van der Waals surface area contributed by atoms with Crippen LogP contribution in [-0.4, -0.2) is 42.0 Å². The van der Waals surface area contributed by atoms with E-state index in [9.17, 15) is 9.59 Å². The topological polar surface area (TPSA) is 61.8 Å². The van der Waals surface area contributed by atoms with Gasteiger partial charge in [0, 0.05) is 19.6 Å². The van der Waals surface area contributed by atoms with Crippen molar-refractivity contribution in [2.24, 2.45) is 0 Å². The van der Waals surface area contributed by atoms with Crippen molar-refractivity contribution in [2.75, 3.05) is 20.3 Å². The molecule has 0 rings (SSSR count). The van der Waals surface area contributed by atoms with Crippen molar-refractivity contribution in [3.05, 3.63) is 24.8 Å². The van der Waals surface area contributed by atoms with Crippen molar-refractivity contribution in [2.45, 2.75) is 26.3 Å². The molecule has 0 spiro atoms. The van der Waals surface area contributed by atoms with Gasteiger partial charge in [-0.3, -0.25) is 4.79 Å². The molecule has 0 bridgehead atoms. The highest BCUT2D eigenvalue weighted by Crippen LogP contribution is 1.95. The van der Waals surface area contributed by atoms with Gasteiger partial charge >= 0.3 is 11.9 Å². The number of rotatable bonds is 8. The molecule has 0 aliphatic carbocycles. The minimum atomic E-state index is -0.356. The van der Waals surface area contributed by atoms with Gasteiger partial charge in [-0.15, -0.1) is 0 Å². The summed E-state index contributed by atoms with van der Waals surface area (Å²) in [5, 5.41) is 0. The molecule has 0 heterocycles. The van der Waals surface area contributed by atoms with Gasteiger partial charge in [0.25, 0.3) is 0 Å². The fourth-order valence-electron chi connectivity index (χ4n) is 0.813. The first-order valence-electron chi connectivity index (χ1n) is 6.01. The highest BCUT2D eigenvalue weighted by Gasteiger charge is 2.01. The Bertz CT molecular complexity index is 289. The van der Waals surface area contributed by atoms with E-state index in [4.69, 9.17) is 9.16 Å². The molecule has 0 aliphatic rings. The van der Waals surface area contributed by atoms with Crippen LogP contribution < -0.4 is 0 Å². The zero-order valence-corrected chi connectivity index (χ0v) is 13.5. The van der Waals surface area contributed by atoms with Crippen LogP contribution in [0.4, 0.5) is 0 Å². The van der Waals surface area contributed by atoms with Crippen LogP contribution in [-0.2, 0) is 23.5 Å². The third-order valence-electron chi connectivity index (χ3n) is 1.73. The average molecular weight is 288 g/mol. The Balaban J connectivity index is 0. The van der Waals surface area contributed by atoms with Crippen LogP contribution in [0, 0.1) is 0 Å². The second kappa shape index (κ2) is 14.7.